The van der Waals surface area contributed by atoms with E-state index in [4.69, 9.17) is 15.7 Å². The highest BCUT2D eigenvalue weighted by Gasteiger charge is 2.18. The van der Waals surface area contributed by atoms with Crippen molar-refractivity contribution in [3.05, 3.63) is 36.3 Å². The van der Waals surface area contributed by atoms with Crippen molar-refractivity contribution in [3.63, 3.8) is 0 Å². The van der Waals surface area contributed by atoms with Gasteiger partial charge in [-0.25, -0.2) is 4.98 Å². The van der Waals surface area contributed by atoms with Crippen LogP contribution in [0.25, 0.3) is 0 Å². The average Bonchev–Trinajstić information content (AvgIpc) is 3.01. The molecule has 0 saturated carbocycles. The third-order valence-corrected chi connectivity index (χ3v) is 3.90. The van der Waals surface area contributed by atoms with Gasteiger partial charge in [-0.05, 0) is 18.2 Å². The number of anilines is 1. The highest BCUT2D eigenvalue weighted by Crippen LogP contribution is 2.27. The van der Waals surface area contributed by atoms with Crippen LogP contribution in [0.2, 0.25) is 0 Å². The standard InChI is InChI=1S/C11H13N5O4S/c1-20-9-4-7(11(12)15-17)2-3-8(9)16-21(18,19)10-5-13-6-14-10/h2-6,16-17H,1H3,(H2,12,15)(H,13,14). The lowest BCUT2D eigenvalue weighted by Gasteiger charge is -2.12. The molecule has 0 aliphatic rings. The number of sulfonamides is 1. The number of nitrogens with two attached hydrogens (primary N) is 1. The van der Waals surface area contributed by atoms with Gasteiger partial charge in [0.15, 0.2) is 10.9 Å². The number of nitrogens with zero attached hydrogens (tertiary/aromatic N) is 2. The number of benzene rings is 1. The molecule has 9 nitrogen and oxygen atoms in total. The number of aromatic nitrogens is 2. The molecule has 0 atom stereocenters. The first-order valence-corrected chi connectivity index (χ1v) is 7.13. The maximum absolute atomic E-state index is 12.1. The van der Waals surface area contributed by atoms with Gasteiger partial charge in [0.1, 0.15) is 5.75 Å². The van der Waals surface area contributed by atoms with Crippen molar-refractivity contribution in [1.29, 1.82) is 0 Å². The van der Waals surface area contributed by atoms with Crippen molar-refractivity contribution in [1.82, 2.24) is 9.97 Å². The Morgan fingerprint density at radius 1 is 1.52 bits per heavy atom. The molecule has 0 bridgehead atoms. The maximum Gasteiger partial charge on any atom is 0.279 e. The quantitative estimate of drug-likeness (QED) is 0.271. The zero-order chi connectivity index (χ0) is 15.5. The number of rotatable bonds is 5. The third-order valence-electron chi connectivity index (χ3n) is 2.61. The van der Waals surface area contributed by atoms with Crippen LogP contribution in [0, 0.1) is 0 Å². The number of amidine groups is 1. The van der Waals surface area contributed by atoms with Crippen molar-refractivity contribution >= 4 is 21.5 Å². The Balaban J connectivity index is 2.37. The zero-order valence-corrected chi connectivity index (χ0v) is 11.8. The number of oxime groups is 1. The SMILES string of the molecule is COc1cc(/C(N)=N/O)ccc1NS(=O)(=O)c1cnc[nH]1. The molecule has 0 amide bonds. The second kappa shape index (κ2) is 5.71. The molecule has 0 spiro atoms. The van der Waals surface area contributed by atoms with Gasteiger partial charge in [0.25, 0.3) is 10.0 Å². The Labute approximate surface area is 120 Å². The summed E-state index contributed by atoms with van der Waals surface area (Å²) in [6.07, 6.45) is 2.44. The van der Waals surface area contributed by atoms with E-state index in [1.165, 1.54) is 37.8 Å². The van der Waals surface area contributed by atoms with Crippen molar-refractivity contribution in [2.75, 3.05) is 11.8 Å². The molecule has 0 unspecified atom stereocenters. The second-order valence-electron chi connectivity index (χ2n) is 3.92. The predicted octanol–water partition coefficient (Wildman–Crippen LogP) is 0.314. The topological polar surface area (TPSA) is 143 Å². The summed E-state index contributed by atoms with van der Waals surface area (Å²) in [5, 5.41) is 11.4. The van der Waals surface area contributed by atoms with E-state index < -0.39 is 10.0 Å². The summed E-state index contributed by atoms with van der Waals surface area (Å²) < 4.78 is 31.6. The molecule has 2 aromatic rings. The summed E-state index contributed by atoms with van der Waals surface area (Å²) in [6, 6.07) is 4.38. The van der Waals surface area contributed by atoms with E-state index in [0.29, 0.717) is 5.56 Å². The number of nitrogens with one attached hydrogen (secondary N) is 2. The fourth-order valence-corrected chi connectivity index (χ4v) is 2.56. The molecule has 21 heavy (non-hydrogen) atoms. The first-order valence-electron chi connectivity index (χ1n) is 5.65. The van der Waals surface area contributed by atoms with Gasteiger partial charge in [0.05, 0.1) is 25.3 Å². The van der Waals surface area contributed by atoms with Crippen LogP contribution in [0.1, 0.15) is 5.56 Å². The van der Waals surface area contributed by atoms with E-state index in [2.05, 4.69) is 19.8 Å². The first kappa shape index (κ1) is 14.7. The van der Waals surface area contributed by atoms with Crippen molar-refractivity contribution in [3.8, 4) is 5.75 Å². The van der Waals surface area contributed by atoms with Gasteiger partial charge in [-0.2, -0.15) is 8.42 Å². The normalized spacial score (nSPS) is 12.1. The molecule has 5 N–H and O–H groups in total. The minimum absolute atomic E-state index is 0.0786. The van der Waals surface area contributed by atoms with Gasteiger partial charge in [0.2, 0.25) is 0 Å². The highest BCUT2D eigenvalue weighted by atomic mass is 32.2. The molecule has 2 rings (SSSR count). The fourth-order valence-electron chi connectivity index (χ4n) is 1.58. The predicted molar refractivity (Wildman–Crippen MR) is 74.9 cm³/mol. The van der Waals surface area contributed by atoms with Crippen molar-refractivity contribution in [2.45, 2.75) is 5.03 Å². The largest absolute Gasteiger partial charge is 0.495 e. The lowest BCUT2D eigenvalue weighted by molar-refractivity contribution is 0.318. The summed E-state index contributed by atoms with van der Waals surface area (Å²) >= 11 is 0. The number of H-pyrrole nitrogens is 1. The smallest absolute Gasteiger partial charge is 0.279 e. The van der Waals surface area contributed by atoms with E-state index in [1.807, 2.05) is 0 Å². The molecule has 0 radical (unpaired) electrons. The van der Waals surface area contributed by atoms with Gasteiger partial charge in [-0.3, -0.25) is 4.72 Å². The van der Waals surface area contributed by atoms with Gasteiger partial charge in [-0.15, -0.1) is 0 Å². The molecule has 1 aromatic heterocycles. The van der Waals surface area contributed by atoms with Crippen LogP contribution in [0.4, 0.5) is 5.69 Å². The Bertz CT molecular complexity index is 755. The fraction of sp³-hybridized carbons (Fsp3) is 0.0909. The van der Waals surface area contributed by atoms with Crippen molar-refractivity contribution < 1.29 is 18.4 Å². The van der Waals surface area contributed by atoms with Crippen LogP contribution in [0.15, 0.2) is 40.9 Å². The molecular weight excluding hydrogens is 298 g/mol. The lowest BCUT2D eigenvalue weighted by Crippen LogP contribution is -2.16. The van der Waals surface area contributed by atoms with E-state index in [0.717, 1.165) is 0 Å². The van der Waals surface area contributed by atoms with Crippen LogP contribution in [0.5, 0.6) is 5.75 Å². The molecule has 0 aliphatic heterocycles. The van der Waals surface area contributed by atoms with E-state index in [1.54, 1.807) is 0 Å². The zero-order valence-electron chi connectivity index (χ0n) is 10.9. The Kier molecular flexibility index (Phi) is 3.98. The minimum atomic E-state index is -3.80. The Hall–Kier alpha value is -2.75. The average molecular weight is 311 g/mol. The summed E-state index contributed by atoms with van der Waals surface area (Å²) in [6.45, 7) is 0. The molecule has 112 valence electrons. The monoisotopic (exact) mass is 311 g/mol. The highest BCUT2D eigenvalue weighted by molar-refractivity contribution is 7.92. The molecule has 1 heterocycles. The van der Waals surface area contributed by atoms with E-state index in [9.17, 15) is 8.42 Å². The number of imidazole rings is 1. The van der Waals surface area contributed by atoms with Gasteiger partial charge in [0, 0.05) is 5.56 Å². The van der Waals surface area contributed by atoms with Gasteiger partial charge in [-0.1, -0.05) is 5.16 Å². The molecule has 0 fully saturated rings. The van der Waals surface area contributed by atoms with Crippen LogP contribution in [-0.2, 0) is 10.0 Å². The summed E-state index contributed by atoms with van der Waals surface area (Å²) in [5.41, 5.74) is 6.06. The van der Waals surface area contributed by atoms with Crippen LogP contribution in [-0.4, -0.2) is 36.5 Å². The molecule has 0 saturated heterocycles. The van der Waals surface area contributed by atoms with Crippen LogP contribution < -0.4 is 15.2 Å². The second-order valence-corrected chi connectivity index (χ2v) is 5.57. The molecule has 1 aromatic carbocycles. The third kappa shape index (κ3) is 3.05. The Morgan fingerprint density at radius 2 is 2.29 bits per heavy atom. The van der Waals surface area contributed by atoms with Crippen LogP contribution >= 0.6 is 0 Å². The lowest BCUT2D eigenvalue weighted by atomic mass is 10.2. The van der Waals surface area contributed by atoms with E-state index >= 15 is 0 Å². The van der Waals surface area contributed by atoms with Crippen molar-refractivity contribution in [2.24, 2.45) is 10.9 Å². The maximum atomic E-state index is 12.1. The molecular formula is C11H13N5O4S. The number of methoxy groups -OCH3 is 1. The minimum Gasteiger partial charge on any atom is -0.495 e. The van der Waals surface area contributed by atoms with Gasteiger partial charge < -0.3 is 20.7 Å². The number of hydrogen-bond acceptors (Lipinski definition) is 6. The summed E-state index contributed by atoms with van der Waals surface area (Å²) in [7, 11) is -2.43. The molecule has 0 aliphatic carbocycles. The molecule has 10 heteroatoms. The van der Waals surface area contributed by atoms with Gasteiger partial charge >= 0.3 is 0 Å². The van der Waals surface area contributed by atoms with E-state index in [-0.39, 0.29) is 22.3 Å². The Morgan fingerprint density at radius 3 is 2.86 bits per heavy atom. The number of hydrogen-bond donors (Lipinski definition) is 4. The number of ether oxygens (including phenoxy) is 1. The number of aromatic amines is 1. The van der Waals surface area contributed by atoms with Crippen LogP contribution in [0.3, 0.4) is 0 Å². The first-order chi connectivity index (χ1) is 9.97. The summed E-state index contributed by atoms with van der Waals surface area (Å²) in [5.74, 6) is 0.110. The summed E-state index contributed by atoms with van der Waals surface area (Å²) in [4.78, 5) is 6.15.